The highest BCUT2D eigenvalue weighted by Gasteiger charge is 2.21. The molecule has 0 fully saturated rings. The third kappa shape index (κ3) is 2.76. The van der Waals surface area contributed by atoms with Gasteiger partial charge in [-0.1, -0.05) is 0 Å². The number of aromatic nitrogens is 3. The van der Waals surface area contributed by atoms with Crippen molar-refractivity contribution in [3.05, 3.63) is 11.6 Å². The number of aliphatic hydroxyl groups excluding tert-OH is 1. The topological polar surface area (TPSA) is 60.2 Å². The Kier molecular flexibility index (Phi) is 3.82. The molecule has 0 unspecified atom stereocenters. The SMILES string of the molecule is CCn1c(CO)nnc1CC(C)(C)OC. The predicted octanol–water partition coefficient (Wildman–Crippen LogP) is 0.758. The molecule has 86 valence electrons. The van der Waals surface area contributed by atoms with Gasteiger partial charge in [-0.05, 0) is 20.8 Å². The first-order valence-electron chi connectivity index (χ1n) is 5.11. The minimum Gasteiger partial charge on any atom is -0.388 e. The molecule has 0 radical (unpaired) electrons. The van der Waals surface area contributed by atoms with E-state index in [0.29, 0.717) is 12.2 Å². The van der Waals surface area contributed by atoms with Crippen LogP contribution < -0.4 is 0 Å². The van der Waals surface area contributed by atoms with Crippen LogP contribution in [0.4, 0.5) is 0 Å². The average Bonchev–Trinajstić information content (AvgIpc) is 2.59. The van der Waals surface area contributed by atoms with Gasteiger partial charge >= 0.3 is 0 Å². The first-order chi connectivity index (χ1) is 7.04. The van der Waals surface area contributed by atoms with Crippen molar-refractivity contribution in [2.45, 2.75) is 45.9 Å². The molecule has 0 amide bonds. The number of ether oxygens (including phenoxy) is 1. The molecule has 1 rings (SSSR count). The van der Waals surface area contributed by atoms with Gasteiger partial charge in [0.25, 0.3) is 0 Å². The largest absolute Gasteiger partial charge is 0.388 e. The van der Waals surface area contributed by atoms with E-state index in [1.165, 1.54) is 0 Å². The van der Waals surface area contributed by atoms with Gasteiger partial charge in [-0.3, -0.25) is 0 Å². The van der Waals surface area contributed by atoms with Crippen molar-refractivity contribution in [3.63, 3.8) is 0 Å². The zero-order chi connectivity index (χ0) is 11.5. The highest BCUT2D eigenvalue weighted by Crippen LogP contribution is 2.15. The van der Waals surface area contributed by atoms with Crippen LogP contribution in [0.1, 0.15) is 32.4 Å². The van der Waals surface area contributed by atoms with Crippen LogP contribution in [0.5, 0.6) is 0 Å². The van der Waals surface area contributed by atoms with Crippen molar-refractivity contribution in [3.8, 4) is 0 Å². The van der Waals surface area contributed by atoms with Crippen LogP contribution in [0, 0.1) is 0 Å². The van der Waals surface area contributed by atoms with Crippen molar-refractivity contribution in [1.29, 1.82) is 0 Å². The zero-order valence-corrected chi connectivity index (χ0v) is 9.82. The second-order valence-electron chi connectivity index (χ2n) is 4.08. The smallest absolute Gasteiger partial charge is 0.158 e. The Morgan fingerprint density at radius 2 is 1.93 bits per heavy atom. The summed E-state index contributed by atoms with van der Waals surface area (Å²) < 4.78 is 7.26. The Morgan fingerprint density at radius 3 is 2.40 bits per heavy atom. The molecule has 0 bridgehead atoms. The minimum absolute atomic E-state index is 0.0751. The molecule has 0 saturated heterocycles. The molecular weight excluding hydrogens is 194 g/mol. The Morgan fingerprint density at radius 1 is 1.33 bits per heavy atom. The fourth-order valence-corrected chi connectivity index (χ4v) is 1.44. The Balaban J connectivity index is 2.90. The van der Waals surface area contributed by atoms with E-state index in [1.807, 2.05) is 25.3 Å². The van der Waals surface area contributed by atoms with Gasteiger partial charge in [-0.25, -0.2) is 0 Å². The molecule has 5 nitrogen and oxygen atoms in total. The molecule has 1 aromatic heterocycles. The lowest BCUT2D eigenvalue weighted by Crippen LogP contribution is -2.27. The molecule has 1 N–H and O–H groups in total. The second-order valence-corrected chi connectivity index (χ2v) is 4.08. The normalized spacial score (nSPS) is 12.1. The maximum atomic E-state index is 9.06. The predicted molar refractivity (Wildman–Crippen MR) is 56.4 cm³/mol. The molecule has 15 heavy (non-hydrogen) atoms. The third-order valence-corrected chi connectivity index (χ3v) is 2.50. The summed E-state index contributed by atoms with van der Waals surface area (Å²) in [6.07, 6.45) is 0.685. The Bertz CT molecular complexity index is 320. The summed E-state index contributed by atoms with van der Waals surface area (Å²) in [5.74, 6) is 1.47. The zero-order valence-electron chi connectivity index (χ0n) is 9.82. The standard InChI is InChI=1S/C10H19N3O2/c1-5-13-8(6-10(2,3)15-4)11-12-9(13)7-14/h14H,5-7H2,1-4H3. The summed E-state index contributed by atoms with van der Waals surface area (Å²) in [4.78, 5) is 0. The average molecular weight is 213 g/mol. The summed E-state index contributed by atoms with van der Waals surface area (Å²) in [7, 11) is 1.68. The van der Waals surface area contributed by atoms with Gasteiger partial charge in [0.15, 0.2) is 5.82 Å². The molecular formula is C10H19N3O2. The van der Waals surface area contributed by atoms with Crippen molar-refractivity contribution in [2.24, 2.45) is 0 Å². The molecule has 0 saturated carbocycles. The van der Waals surface area contributed by atoms with Gasteiger partial charge in [0.2, 0.25) is 0 Å². The number of methoxy groups -OCH3 is 1. The van der Waals surface area contributed by atoms with E-state index in [4.69, 9.17) is 9.84 Å². The third-order valence-electron chi connectivity index (χ3n) is 2.50. The molecule has 0 aliphatic heterocycles. The number of hydrogen-bond acceptors (Lipinski definition) is 4. The van der Waals surface area contributed by atoms with Gasteiger partial charge in [-0.15, -0.1) is 10.2 Å². The van der Waals surface area contributed by atoms with E-state index in [9.17, 15) is 0 Å². The van der Waals surface area contributed by atoms with Crippen LogP contribution in [0.3, 0.4) is 0 Å². The Labute approximate surface area is 90.1 Å². The number of rotatable bonds is 5. The van der Waals surface area contributed by atoms with Crippen molar-refractivity contribution >= 4 is 0 Å². The van der Waals surface area contributed by atoms with Crippen molar-refractivity contribution in [1.82, 2.24) is 14.8 Å². The molecule has 5 heteroatoms. The molecule has 0 spiro atoms. The van der Waals surface area contributed by atoms with Crippen molar-refractivity contribution < 1.29 is 9.84 Å². The summed E-state index contributed by atoms with van der Waals surface area (Å²) in [5, 5.41) is 17.1. The number of nitrogens with zero attached hydrogens (tertiary/aromatic N) is 3. The number of hydrogen-bond donors (Lipinski definition) is 1. The van der Waals surface area contributed by atoms with Crippen LogP contribution in [-0.4, -0.2) is 32.6 Å². The van der Waals surface area contributed by atoms with E-state index >= 15 is 0 Å². The van der Waals surface area contributed by atoms with E-state index in [0.717, 1.165) is 12.4 Å². The van der Waals surface area contributed by atoms with Gasteiger partial charge in [0, 0.05) is 20.1 Å². The lowest BCUT2D eigenvalue weighted by molar-refractivity contribution is 0.0208. The fraction of sp³-hybridized carbons (Fsp3) is 0.800. The monoisotopic (exact) mass is 213 g/mol. The molecule has 0 aliphatic carbocycles. The fourth-order valence-electron chi connectivity index (χ4n) is 1.44. The Hall–Kier alpha value is -0.940. The number of aliphatic hydroxyl groups is 1. The van der Waals surface area contributed by atoms with Crippen LogP contribution in [0.25, 0.3) is 0 Å². The van der Waals surface area contributed by atoms with Gasteiger partial charge in [-0.2, -0.15) is 0 Å². The summed E-state index contributed by atoms with van der Waals surface area (Å²) in [6, 6.07) is 0. The van der Waals surface area contributed by atoms with Crippen molar-refractivity contribution in [2.75, 3.05) is 7.11 Å². The van der Waals surface area contributed by atoms with E-state index in [-0.39, 0.29) is 12.2 Å². The molecule has 1 aromatic rings. The summed E-state index contributed by atoms with van der Waals surface area (Å²) in [5.41, 5.74) is -0.257. The van der Waals surface area contributed by atoms with Crippen LogP contribution >= 0.6 is 0 Å². The lowest BCUT2D eigenvalue weighted by Gasteiger charge is -2.22. The van der Waals surface area contributed by atoms with Crippen LogP contribution in [0.2, 0.25) is 0 Å². The molecule has 0 atom stereocenters. The van der Waals surface area contributed by atoms with E-state index in [2.05, 4.69) is 10.2 Å². The molecule has 0 aliphatic rings. The quantitative estimate of drug-likeness (QED) is 0.784. The molecule has 1 heterocycles. The second kappa shape index (κ2) is 4.72. The molecule has 0 aromatic carbocycles. The maximum Gasteiger partial charge on any atom is 0.158 e. The minimum atomic E-state index is -0.257. The highest BCUT2D eigenvalue weighted by molar-refractivity contribution is 4.98. The summed E-state index contributed by atoms with van der Waals surface area (Å²) in [6.45, 7) is 6.69. The van der Waals surface area contributed by atoms with Crippen LogP contribution in [0.15, 0.2) is 0 Å². The van der Waals surface area contributed by atoms with Gasteiger partial charge in [0.1, 0.15) is 12.4 Å². The van der Waals surface area contributed by atoms with E-state index in [1.54, 1.807) is 7.11 Å². The van der Waals surface area contributed by atoms with Gasteiger partial charge < -0.3 is 14.4 Å². The van der Waals surface area contributed by atoms with E-state index < -0.39 is 0 Å². The lowest BCUT2D eigenvalue weighted by atomic mass is 10.1. The first kappa shape index (κ1) is 12.1. The van der Waals surface area contributed by atoms with Gasteiger partial charge in [0.05, 0.1) is 5.60 Å². The highest BCUT2D eigenvalue weighted by atomic mass is 16.5. The maximum absolute atomic E-state index is 9.06. The summed E-state index contributed by atoms with van der Waals surface area (Å²) >= 11 is 0. The first-order valence-corrected chi connectivity index (χ1v) is 5.11. The van der Waals surface area contributed by atoms with Crippen LogP contribution in [-0.2, 0) is 24.3 Å².